The van der Waals surface area contributed by atoms with Gasteiger partial charge >= 0.3 is 6.03 Å². The normalized spacial score (nSPS) is 16.3. The van der Waals surface area contributed by atoms with Crippen LogP contribution in [0.25, 0.3) is 0 Å². The van der Waals surface area contributed by atoms with Gasteiger partial charge in [0.05, 0.1) is 24.9 Å². The largest absolute Gasteiger partial charge is 0.494 e. The van der Waals surface area contributed by atoms with Crippen molar-refractivity contribution < 1.29 is 14.3 Å². The molecule has 1 aliphatic rings. The molecule has 1 aliphatic heterocycles. The number of amides is 2. The molecule has 26 heavy (non-hydrogen) atoms. The van der Waals surface area contributed by atoms with E-state index in [1.54, 1.807) is 11.1 Å². The summed E-state index contributed by atoms with van der Waals surface area (Å²) in [7, 11) is 0. The smallest absolute Gasteiger partial charge is 0.322 e. The van der Waals surface area contributed by atoms with Gasteiger partial charge in [0.1, 0.15) is 5.75 Å². The van der Waals surface area contributed by atoms with E-state index in [1.165, 1.54) is 0 Å². The van der Waals surface area contributed by atoms with Crippen LogP contribution in [0.2, 0.25) is 0 Å². The highest BCUT2D eigenvalue weighted by atomic mass is 16.5. The third-order valence-corrected chi connectivity index (χ3v) is 4.23. The van der Waals surface area contributed by atoms with Crippen LogP contribution in [0.1, 0.15) is 25.5 Å². The zero-order valence-corrected chi connectivity index (χ0v) is 15.1. The number of nitrogens with zero attached hydrogens (tertiary/aromatic N) is 2. The molecule has 2 aromatic rings. The van der Waals surface area contributed by atoms with Crippen molar-refractivity contribution in [3.8, 4) is 5.75 Å². The second kappa shape index (κ2) is 9.20. The highest BCUT2D eigenvalue weighted by Crippen LogP contribution is 2.18. The summed E-state index contributed by atoms with van der Waals surface area (Å²) in [5.74, 6) is 0.787. The lowest BCUT2D eigenvalue weighted by Gasteiger charge is -2.25. The number of hydrogen-bond donors (Lipinski definition) is 1. The molecule has 1 saturated heterocycles. The van der Waals surface area contributed by atoms with Crippen LogP contribution >= 0.6 is 0 Å². The maximum absolute atomic E-state index is 12.8. The number of benzene rings is 1. The summed E-state index contributed by atoms with van der Waals surface area (Å²) in [5.41, 5.74) is 1.59. The van der Waals surface area contributed by atoms with Crippen LogP contribution < -0.4 is 10.1 Å². The second-order valence-electron chi connectivity index (χ2n) is 6.22. The average Bonchev–Trinajstić information content (AvgIpc) is 3.17. The fourth-order valence-corrected chi connectivity index (χ4v) is 2.94. The van der Waals surface area contributed by atoms with E-state index in [9.17, 15) is 4.79 Å². The van der Waals surface area contributed by atoms with Crippen LogP contribution in [0.4, 0.5) is 10.5 Å². The Morgan fingerprint density at radius 1 is 1.31 bits per heavy atom. The Labute approximate surface area is 154 Å². The minimum Gasteiger partial charge on any atom is -0.494 e. The van der Waals surface area contributed by atoms with Crippen LogP contribution in [0.3, 0.4) is 0 Å². The lowest BCUT2D eigenvalue weighted by molar-refractivity contribution is 0.0816. The molecule has 2 amide bonds. The first-order valence-electron chi connectivity index (χ1n) is 9.05. The Bertz CT molecular complexity index is 685. The molecule has 6 heteroatoms. The van der Waals surface area contributed by atoms with Crippen molar-refractivity contribution in [3.05, 3.63) is 54.4 Å². The number of rotatable bonds is 7. The average molecular weight is 355 g/mol. The first-order chi connectivity index (χ1) is 12.7. The highest BCUT2D eigenvalue weighted by molar-refractivity contribution is 5.89. The summed E-state index contributed by atoms with van der Waals surface area (Å²) in [6.45, 7) is 4.33. The molecule has 6 nitrogen and oxygen atoms in total. The quantitative estimate of drug-likeness (QED) is 0.823. The van der Waals surface area contributed by atoms with Crippen molar-refractivity contribution in [2.75, 3.05) is 25.1 Å². The topological polar surface area (TPSA) is 63.7 Å². The van der Waals surface area contributed by atoms with Crippen LogP contribution in [-0.4, -0.2) is 41.8 Å². The van der Waals surface area contributed by atoms with Gasteiger partial charge in [-0.05, 0) is 56.2 Å². The van der Waals surface area contributed by atoms with Crippen LogP contribution in [0.15, 0.2) is 48.7 Å². The molecule has 0 unspecified atom stereocenters. The lowest BCUT2D eigenvalue weighted by Crippen LogP contribution is -2.39. The van der Waals surface area contributed by atoms with Gasteiger partial charge in [0, 0.05) is 25.0 Å². The molecule has 2 heterocycles. The molecule has 0 aliphatic carbocycles. The molecular weight excluding hydrogens is 330 g/mol. The first kappa shape index (κ1) is 18.2. The number of carbonyl (C=O) groups is 1. The predicted octanol–water partition coefficient (Wildman–Crippen LogP) is 3.69. The molecule has 1 N–H and O–H groups in total. The monoisotopic (exact) mass is 355 g/mol. The molecular formula is C20H25N3O3. The van der Waals surface area contributed by atoms with Crippen LogP contribution in [0, 0.1) is 0 Å². The first-order valence-corrected chi connectivity index (χ1v) is 9.05. The Hall–Kier alpha value is -2.60. The van der Waals surface area contributed by atoms with Gasteiger partial charge in [-0.25, -0.2) is 4.79 Å². The van der Waals surface area contributed by atoms with Gasteiger partial charge in [-0.1, -0.05) is 6.07 Å². The van der Waals surface area contributed by atoms with Crippen molar-refractivity contribution in [3.63, 3.8) is 0 Å². The number of anilines is 1. The van der Waals surface area contributed by atoms with Gasteiger partial charge in [0.15, 0.2) is 0 Å². The SMILES string of the molecule is CCOc1ccc(NC(=O)N(Cc2ccccn2)C[C@H]2CCCO2)cc1. The van der Waals surface area contributed by atoms with Gasteiger partial charge in [-0.2, -0.15) is 0 Å². The maximum Gasteiger partial charge on any atom is 0.322 e. The third kappa shape index (κ3) is 5.20. The van der Waals surface area contributed by atoms with Gasteiger partial charge < -0.3 is 19.7 Å². The Morgan fingerprint density at radius 2 is 2.15 bits per heavy atom. The van der Waals surface area contributed by atoms with Gasteiger partial charge in [0.25, 0.3) is 0 Å². The van der Waals surface area contributed by atoms with E-state index in [1.807, 2.05) is 49.4 Å². The predicted molar refractivity (Wildman–Crippen MR) is 100 cm³/mol. The van der Waals surface area contributed by atoms with Crippen molar-refractivity contribution >= 4 is 11.7 Å². The Kier molecular flexibility index (Phi) is 6.44. The van der Waals surface area contributed by atoms with Crippen LogP contribution in [-0.2, 0) is 11.3 Å². The van der Waals surface area contributed by atoms with E-state index in [0.29, 0.717) is 19.7 Å². The summed E-state index contributed by atoms with van der Waals surface area (Å²) < 4.78 is 11.1. The number of aromatic nitrogens is 1. The molecule has 0 radical (unpaired) electrons. The lowest BCUT2D eigenvalue weighted by atomic mass is 10.2. The molecule has 1 aromatic heterocycles. The summed E-state index contributed by atoms with van der Waals surface area (Å²) in [4.78, 5) is 18.9. The van der Waals surface area contributed by atoms with Gasteiger partial charge in [-0.15, -0.1) is 0 Å². The summed E-state index contributed by atoms with van der Waals surface area (Å²) in [5, 5.41) is 2.95. The molecule has 1 atom stereocenters. The fraction of sp³-hybridized carbons (Fsp3) is 0.400. The van der Waals surface area contributed by atoms with Gasteiger partial charge in [-0.3, -0.25) is 4.98 Å². The van der Waals surface area contributed by atoms with Crippen LogP contribution in [0.5, 0.6) is 5.75 Å². The van der Waals surface area contributed by atoms with E-state index in [-0.39, 0.29) is 12.1 Å². The fourth-order valence-electron chi connectivity index (χ4n) is 2.94. The number of urea groups is 1. The molecule has 0 spiro atoms. The summed E-state index contributed by atoms with van der Waals surface area (Å²) in [6, 6.07) is 12.9. The van der Waals surface area contributed by atoms with E-state index < -0.39 is 0 Å². The standard InChI is InChI=1S/C20H25N3O3/c1-2-25-18-10-8-16(9-11-18)22-20(24)23(15-19-7-5-13-26-19)14-17-6-3-4-12-21-17/h3-4,6,8-12,19H,2,5,7,13-15H2,1H3,(H,22,24)/t19-/m1/s1. The second-order valence-corrected chi connectivity index (χ2v) is 6.22. The van der Waals surface area contributed by atoms with Crippen molar-refractivity contribution in [1.82, 2.24) is 9.88 Å². The summed E-state index contributed by atoms with van der Waals surface area (Å²) in [6.07, 6.45) is 3.85. The maximum atomic E-state index is 12.8. The number of pyridine rings is 1. The Balaban J connectivity index is 1.66. The zero-order valence-electron chi connectivity index (χ0n) is 15.1. The van der Waals surface area contributed by atoms with E-state index in [4.69, 9.17) is 9.47 Å². The Morgan fingerprint density at radius 3 is 2.81 bits per heavy atom. The third-order valence-electron chi connectivity index (χ3n) is 4.23. The molecule has 0 saturated carbocycles. The molecule has 138 valence electrons. The number of ether oxygens (including phenoxy) is 2. The molecule has 3 rings (SSSR count). The van der Waals surface area contributed by atoms with E-state index in [0.717, 1.165) is 36.6 Å². The van der Waals surface area contributed by atoms with E-state index in [2.05, 4.69) is 10.3 Å². The molecule has 0 bridgehead atoms. The zero-order chi connectivity index (χ0) is 18.2. The van der Waals surface area contributed by atoms with E-state index >= 15 is 0 Å². The number of carbonyl (C=O) groups excluding carboxylic acids is 1. The molecule has 1 fully saturated rings. The van der Waals surface area contributed by atoms with Crippen molar-refractivity contribution in [2.45, 2.75) is 32.4 Å². The molecule has 1 aromatic carbocycles. The highest BCUT2D eigenvalue weighted by Gasteiger charge is 2.23. The van der Waals surface area contributed by atoms with Gasteiger partial charge in [0.2, 0.25) is 0 Å². The minimum absolute atomic E-state index is 0.0878. The van der Waals surface area contributed by atoms with Crippen molar-refractivity contribution in [1.29, 1.82) is 0 Å². The van der Waals surface area contributed by atoms with Crippen molar-refractivity contribution in [2.24, 2.45) is 0 Å². The number of nitrogens with one attached hydrogen (secondary N) is 1. The minimum atomic E-state index is -0.157. The number of hydrogen-bond acceptors (Lipinski definition) is 4. The summed E-state index contributed by atoms with van der Waals surface area (Å²) >= 11 is 0.